The SMILES string of the molecule is C/C=C/[C@H](CC=O)O[Si](C)(C)C(C)(C)C. The van der Waals surface area contributed by atoms with Gasteiger partial charge >= 0.3 is 0 Å². The smallest absolute Gasteiger partial charge is 0.192 e. The molecule has 0 aromatic rings. The Morgan fingerprint density at radius 3 is 2.20 bits per heavy atom. The molecule has 0 aromatic carbocycles. The van der Waals surface area contributed by atoms with Gasteiger partial charge in [-0.2, -0.15) is 0 Å². The molecular formula is C12H24O2Si. The monoisotopic (exact) mass is 228 g/mol. The lowest BCUT2D eigenvalue weighted by Crippen LogP contribution is -2.43. The molecule has 3 heteroatoms. The summed E-state index contributed by atoms with van der Waals surface area (Å²) in [6.45, 7) is 13.0. The van der Waals surface area contributed by atoms with Gasteiger partial charge in [0.1, 0.15) is 6.29 Å². The van der Waals surface area contributed by atoms with Gasteiger partial charge in [0.15, 0.2) is 8.32 Å². The second kappa shape index (κ2) is 5.61. The second-order valence-electron chi connectivity index (χ2n) is 5.34. The van der Waals surface area contributed by atoms with E-state index in [4.69, 9.17) is 4.43 Å². The first-order valence-corrected chi connectivity index (χ1v) is 8.39. The number of hydrogen-bond acceptors (Lipinski definition) is 2. The van der Waals surface area contributed by atoms with Crippen molar-refractivity contribution in [3.8, 4) is 0 Å². The van der Waals surface area contributed by atoms with E-state index in [9.17, 15) is 4.79 Å². The topological polar surface area (TPSA) is 26.3 Å². The molecule has 2 nitrogen and oxygen atoms in total. The predicted molar refractivity (Wildman–Crippen MR) is 67.6 cm³/mol. The van der Waals surface area contributed by atoms with Crippen molar-refractivity contribution < 1.29 is 9.22 Å². The molecule has 0 aliphatic rings. The van der Waals surface area contributed by atoms with Gasteiger partial charge in [-0.1, -0.05) is 32.9 Å². The molecule has 0 saturated carbocycles. The van der Waals surface area contributed by atoms with E-state index in [1.165, 1.54) is 0 Å². The van der Waals surface area contributed by atoms with E-state index < -0.39 is 8.32 Å². The summed E-state index contributed by atoms with van der Waals surface area (Å²) in [6, 6.07) is 0. The first kappa shape index (κ1) is 14.6. The number of carbonyl (C=O) groups is 1. The maximum absolute atomic E-state index is 10.5. The van der Waals surface area contributed by atoms with E-state index in [1.807, 2.05) is 19.1 Å². The Bertz CT molecular complexity index is 226. The minimum absolute atomic E-state index is 0.0478. The van der Waals surface area contributed by atoms with E-state index in [0.717, 1.165) is 6.29 Å². The van der Waals surface area contributed by atoms with Gasteiger partial charge in [0, 0.05) is 6.42 Å². The molecule has 0 aliphatic heterocycles. The minimum Gasteiger partial charge on any atom is -0.410 e. The molecule has 0 spiro atoms. The molecular weight excluding hydrogens is 204 g/mol. The first-order valence-electron chi connectivity index (χ1n) is 5.49. The molecule has 0 rings (SSSR count). The fourth-order valence-electron chi connectivity index (χ4n) is 1.03. The Hall–Kier alpha value is -0.413. The van der Waals surface area contributed by atoms with E-state index in [1.54, 1.807) is 0 Å². The fraction of sp³-hybridized carbons (Fsp3) is 0.750. The number of carbonyl (C=O) groups excluding carboxylic acids is 1. The van der Waals surface area contributed by atoms with Crippen LogP contribution in [0.4, 0.5) is 0 Å². The van der Waals surface area contributed by atoms with Crippen molar-refractivity contribution in [2.45, 2.75) is 58.4 Å². The Morgan fingerprint density at radius 2 is 1.87 bits per heavy atom. The third kappa shape index (κ3) is 4.75. The Kier molecular flexibility index (Phi) is 5.46. The van der Waals surface area contributed by atoms with E-state index in [-0.39, 0.29) is 11.1 Å². The van der Waals surface area contributed by atoms with Crippen LogP contribution in [0, 0.1) is 0 Å². The van der Waals surface area contributed by atoms with Gasteiger partial charge in [-0.05, 0) is 25.1 Å². The molecule has 0 saturated heterocycles. The fourth-order valence-corrected chi connectivity index (χ4v) is 2.32. The van der Waals surface area contributed by atoms with Crippen LogP contribution < -0.4 is 0 Å². The third-order valence-electron chi connectivity index (χ3n) is 2.99. The normalized spacial score (nSPS) is 15.6. The summed E-state index contributed by atoms with van der Waals surface area (Å²) in [5.74, 6) is 0. The zero-order valence-corrected chi connectivity index (χ0v) is 11.8. The van der Waals surface area contributed by atoms with Crippen LogP contribution in [0.25, 0.3) is 0 Å². The van der Waals surface area contributed by atoms with Crippen molar-refractivity contribution >= 4 is 14.6 Å². The molecule has 0 aliphatic carbocycles. The molecule has 15 heavy (non-hydrogen) atoms. The Balaban J connectivity index is 4.58. The maximum atomic E-state index is 10.5. The van der Waals surface area contributed by atoms with Crippen molar-refractivity contribution in [1.29, 1.82) is 0 Å². The van der Waals surface area contributed by atoms with Gasteiger partial charge in [-0.15, -0.1) is 0 Å². The van der Waals surface area contributed by atoms with Crippen molar-refractivity contribution in [2.24, 2.45) is 0 Å². The van der Waals surface area contributed by atoms with Crippen LogP contribution in [-0.2, 0) is 9.22 Å². The van der Waals surface area contributed by atoms with Crippen LogP contribution in [0.2, 0.25) is 18.1 Å². The third-order valence-corrected chi connectivity index (χ3v) is 7.49. The van der Waals surface area contributed by atoms with Crippen LogP contribution in [0.5, 0.6) is 0 Å². The lowest BCUT2D eigenvalue weighted by Gasteiger charge is -2.38. The average Bonchev–Trinajstić information content (AvgIpc) is 2.02. The molecule has 0 radical (unpaired) electrons. The Morgan fingerprint density at radius 1 is 1.33 bits per heavy atom. The summed E-state index contributed by atoms with van der Waals surface area (Å²) in [7, 11) is -1.75. The lowest BCUT2D eigenvalue weighted by molar-refractivity contribution is -0.108. The zero-order valence-electron chi connectivity index (χ0n) is 10.8. The van der Waals surface area contributed by atoms with Crippen molar-refractivity contribution in [3.05, 3.63) is 12.2 Å². The summed E-state index contributed by atoms with van der Waals surface area (Å²) >= 11 is 0. The molecule has 88 valence electrons. The number of allylic oxidation sites excluding steroid dienone is 1. The molecule has 0 aromatic heterocycles. The van der Waals surface area contributed by atoms with E-state index in [0.29, 0.717) is 6.42 Å². The van der Waals surface area contributed by atoms with Gasteiger partial charge in [0.05, 0.1) is 6.10 Å². The zero-order chi connectivity index (χ0) is 12.1. The summed E-state index contributed by atoms with van der Waals surface area (Å²) in [6.07, 6.45) is 5.25. The standard InChI is InChI=1S/C12H24O2Si/c1-7-8-11(9-10-13)14-15(5,6)12(2,3)4/h7-8,10-11H,9H2,1-6H3/b8-7+/t11-/m1/s1. The number of aldehydes is 1. The molecule has 0 fully saturated rings. The number of rotatable bonds is 5. The molecule has 0 heterocycles. The lowest BCUT2D eigenvalue weighted by atomic mass is 10.2. The van der Waals surface area contributed by atoms with Gasteiger partial charge in [0.25, 0.3) is 0 Å². The van der Waals surface area contributed by atoms with Crippen LogP contribution in [0.1, 0.15) is 34.1 Å². The molecule has 1 atom stereocenters. The molecule has 0 unspecified atom stereocenters. The van der Waals surface area contributed by atoms with Crippen LogP contribution in [-0.4, -0.2) is 20.7 Å². The van der Waals surface area contributed by atoms with Gasteiger partial charge in [0.2, 0.25) is 0 Å². The highest BCUT2D eigenvalue weighted by Gasteiger charge is 2.38. The van der Waals surface area contributed by atoms with Gasteiger partial charge < -0.3 is 9.22 Å². The van der Waals surface area contributed by atoms with E-state index in [2.05, 4.69) is 33.9 Å². The molecule has 0 N–H and O–H groups in total. The highest BCUT2D eigenvalue weighted by molar-refractivity contribution is 6.74. The quantitative estimate of drug-likeness (QED) is 0.409. The second-order valence-corrected chi connectivity index (χ2v) is 10.1. The maximum Gasteiger partial charge on any atom is 0.192 e. The summed E-state index contributed by atoms with van der Waals surface area (Å²) in [4.78, 5) is 10.5. The van der Waals surface area contributed by atoms with Gasteiger partial charge in [-0.3, -0.25) is 0 Å². The first-order chi connectivity index (χ1) is 6.74. The minimum atomic E-state index is -1.75. The Labute approximate surface area is 94.8 Å². The largest absolute Gasteiger partial charge is 0.410 e. The predicted octanol–water partition coefficient (Wildman–Crippen LogP) is 3.54. The van der Waals surface area contributed by atoms with Crippen molar-refractivity contribution in [1.82, 2.24) is 0 Å². The highest BCUT2D eigenvalue weighted by atomic mass is 28.4. The summed E-state index contributed by atoms with van der Waals surface area (Å²) in [5, 5.41) is 0.190. The average molecular weight is 228 g/mol. The molecule has 0 amide bonds. The van der Waals surface area contributed by atoms with Crippen LogP contribution in [0.15, 0.2) is 12.2 Å². The highest BCUT2D eigenvalue weighted by Crippen LogP contribution is 2.37. The number of hydrogen-bond donors (Lipinski definition) is 0. The van der Waals surface area contributed by atoms with Crippen LogP contribution in [0.3, 0.4) is 0 Å². The van der Waals surface area contributed by atoms with Crippen molar-refractivity contribution in [2.75, 3.05) is 0 Å². The van der Waals surface area contributed by atoms with Crippen LogP contribution >= 0.6 is 0 Å². The van der Waals surface area contributed by atoms with E-state index >= 15 is 0 Å². The summed E-state index contributed by atoms with van der Waals surface area (Å²) < 4.78 is 6.10. The molecule has 0 bridgehead atoms. The summed E-state index contributed by atoms with van der Waals surface area (Å²) in [5.41, 5.74) is 0. The van der Waals surface area contributed by atoms with Crippen molar-refractivity contribution in [3.63, 3.8) is 0 Å². The van der Waals surface area contributed by atoms with Gasteiger partial charge in [-0.25, -0.2) is 0 Å².